The number of aliphatic hydroxyl groups is 1. The van der Waals surface area contributed by atoms with Crippen LogP contribution >= 0.6 is 0 Å². The number of nitrogens with zero attached hydrogens (tertiary/aromatic N) is 4. The molecule has 0 radical (unpaired) electrons. The number of imidazole rings is 1. The van der Waals surface area contributed by atoms with Crippen LogP contribution in [0, 0.1) is 12.7 Å². The SMILES string of the molecule is Cc1nc2c(cc1-n1c3ccc(F)cc3c3[nH]ncc31)[nH]c(=O)n2CCO. The quantitative estimate of drug-likeness (QED) is 0.454. The molecule has 0 aliphatic heterocycles. The minimum atomic E-state index is -0.327. The molecule has 1 aromatic carbocycles. The average molecular weight is 366 g/mol. The number of aromatic amines is 2. The summed E-state index contributed by atoms with van der Waals surface area (Å²) in [5.41, 5.74) is 4.51. The van der Waals surface area contributed by atoms with Gasteiger partial charge in [-0.1, -0.05) is 0 Å². The third-order valence-electron chi connectivity index (χ3n) is 4.80. The van der Waals surface area contributed by atoms with Gasteiger partial charge in [-0.25, -0.2) is 14.2 Å². The molecule has 0 atom stereocenters. The largest absolute Gasteiger partial charge is 0.395 e. The standard InChI is InChI=1S/C18H15FN6O2/c1-9-14(7-12-17(21-9)24(4-5-26)18(27)22-12)25-13-3-2-10(19)6-11(13)16-15(25)8-20-23-16/h2-3,6-8,26H,4-5H2,1H3,(H,20,23)(H,22,27). The molecule has 0 unspecified atom stereocenters. The summed E-state index contributed by atoms with van der Waals surface area (Å²) < 4.78 is 17.1. The lowest BCUT2D eigenvalue weighted by Crippen LogP contribution is -2.18. The number of H-pyrrole nitrogens is 2. The van der Waals surface area contributed by atoms with E-state index < -0.39 is 0 Å². The maximum absolute atomic E-state index is 13.8. The minimum absolute atomic E-state index is 0.154. The number of pyridine rings is 1. The molecule has 0 aliphatic rings. The molecule has 0 aliphatic carbocycles. The molecule has 4 heterocycles. The third-order valence-corrected chi connectivity index (χ3v) is 4.80. The Morgan fingerprint density at radius 2 is 2.11 bits per heavy atom. The van der Waals surface area contributed by atoms with E-state index >= 15 is 0 Å². The molecule has 0 spiro atoms. The number of aliphatic hydroxyl groups excluding tert-OH is 1. The number of nitrogens with one attached hydrogen (secondary N) is 2. The molecule has 0 saturated carbocycles. The number of rotatable bonds is 3. The summed E-state index contributed by atoms with van der Waals surface area (Å²) >= 11 is 0. The van der Waals surface area contributed by atoms with Gasteiger partial charge in [0.15, 0.2) is 5.65 Å². The molecule has 27 heavy (non-hydrogen) atoms. The number of aryl methyl sites for hydroxylation is 1. The summed E-state index contributed by atoms with van der Waals surface area (Å²) in [7, 11) is 0. The molecule has 0 saturated heterocycles. The van der Waals surface area contributed by atoms with Crippen LogP contribution in [0.4, 0.5) is 4.39 Å². The summed E-state index contributed by atoms with van der Waals surface area (Å²) in [6, 6.07) is 6.42. The number of hydrogen-bond acceptors (Lipinski definition) is 4. The maximum atomic E-state index is 13.8. The van der Waals surface area contributed by atoms with Crippen molar-refractivity contribution in [2.45, 2.75) is 13.5 Å². The predicted octanol–water partition coefficient (Wildman–Crippen LogP) is 1.98. The van der Waals surface area contributed by atoms with Gasteiger partial charge in [0.25, 0.3) is 0 Å². The van der Waals surface area contributed by atoms with Gasteiger partial charge in [-0.15, -0.1) is 0 Å². The highest BCUT2D eigenvalue weighted by Gasteiger charge is 2.18. The molecule has 9 heteroatoms. The topological polar surface area (TPSA) is 105 Å². The van der Waals surface area contributed by atoms with E-state index in [1.165, 1.54) is 16.7 Å². The number of aromatic nitrogens is 6. The summed E-state index contributed by atoms with van der Waals surface area (Å²) in [6.07, 6.45) is 1.68. The normalized spacial score (nSPS) is 12.0. The van der Waals surface area contributed by atoms with Crippen molar-refractivity contribution in [1.82, 2.24) is 29.3 Å². The van der Waals surface area contributed by atoms with Gasteiger partial charge in [-0.05, 0) is 31.2 Å². The van der Waals surface area contributed by atoms with E-state index in [9.17, 15) is 14.3 Å². The Labute approximate surface area is 150 Å². The number of halogens is 1. The van der Waals surface area contributed by atoms with Crippen LogP contribution in [0.25, 0.3) is 38.8 Å². The highest BCUT2D eigenvalue weighted by Crippen LogP contribution is 2.32. The van der Waals surface area contributed by atoms with Gasteiger partial charge in [0.05, 0.1) is 52.8 Å². The molecule has 4 aromatic heterocycles. The first kappa shape index (κ1) is 15.8. The predicted molar refractivity (Wildman–Crippen MR) is 98.6 cm³/mol. The summed E-state index contributed by atoms with van der Waals surface area (Å²) in [5.74, 6) is -0.327. The molecule has 136 valence electrons. The lowest BCUT2D eigenvalue weighted by molar-refractivity contribution is 0.276. The van der Waals surface area contributed by atoms with Crippen molar-refractivity contribution >= 4 is 33.1 Å². The number of fused-ring (bicyclic) bond motifs is 4. The average Bonchev–Trinajstić information content (AvgIpc) is 3.29. The van der Waals surface area contributed by atoms with Crippen LogP contribution in [0.15, 0.2) is 35.3 Å². The first-order valence-electron chi connectivity index (χ1n) is 8.43. The maximum Gasteiger partial charge on any atom is 0.327 e. The van der Waals surface area contributed by atoms with Crippen molar-refractivity contribution in [3.8, 4) is 5.69 Å². The van der Waals surface area contributed by atoms with Crippen molar-refractivity contribution in [3.63, 3.8) is 0 Å². The van der Waals surface area contributed by atoms with Gasteiger partial charge in [-0.3, -0.25) is 9.67 Å². The van der Waals surface area contributed by atoms with E-state index in [4.69, 9.17) is 0 Å². The van der Waals surface area contributed by atoms with Crippen molar-refractivity contribution in [2.24, 2.45) is 0 Å². The molecular formula is C18H15FN6O2. The smallest absolute Gasteiger partial charge is 0.327 e. The zero-order valence-corrected chi connectivity index (χ0v) is 14.3. The fraction of sp³-hybridized carbons (Fsp3) is 0.167. The number of hydrogen-bond donors (Lipinski definition) is 3. The van der Waals surface area contributed by atoms with Crippen LogP contribution in [-0.2, 0) is 6.54 Å². The molecule has 0 amide bonds. The minimum Gasteiger partial charge on any atom is -0.395 e. The first-order valence-corrected chi connectivity index (χ1v) is 8.43. The zero-order chi connectivity index (χ0) is 18.7. The van der Waals surface area contributed by atoms with E-state index in [0.29, 0.717) is 22.2 Å². The van der Waals surface area contributed by atoms with E-state index in [2.05, 4.69) is 20.2 Å². The van der Waals surface area contributed by atoms with Crippen molar-refractivity contribution in [3.05, 3.63) is 52.5 Å². The fourth-order valence-corrected chi connectivity index (χ4v) is 3.63. The lowest BCUT2D eigenvalue weighted by atomic mass is 10.2. The van der Waals surface area contributed by atoms with Crippen LogP contribution in [0.2, 0.25) is 0 Å². The second-order valence-corrected chi connectivity index (χ2v) is 6.40. The molecule has 3 N–H and O–H groups in total. The Hall–Kier alpha value is -3.46. The van der Waals surface area contributed by atoms with E-state index in [-0.39, 0.29) is 24.7 Å². The van der Waals surface area contributed by atoms with Crippen LogP contribution in [0.3, 0.4) is 0 Å². The Bertz CT molecular complexity index is 1390. The Morgan fingerprint density at radius 3 is 2.93 bits per heavy atom. The van der Waals surface area contributed by atoms with Gasteiger partial charge >= 0.3 is 5.69 Å². The number of benzene rings is 1. The zero-order valence-electron chi connectivity index (χ0n) is 14.3. The highest BCUT2D eigenvalue weighted by molar-refractivity contribution is 6.07. The summed E-state index contributed by atoms with van der Waals surface area (Å²) in [5, 5.41) is 16.9. The summed E-state index contributed by atoms with van der Waals surface area (Å²) in [6.45, 7) is 1.86. The van der Waals surface area contributed by atoms with Gasteiger partial charge in [0.1, 0.15) is 5.82 Å². The second-order valence-electron chi connectivity index (χ2n) is 6.40. The Balaban J connectivity index is 1.86. The second kappa shape index (κ2) is 5.52. The summed E-state index contributed by atoms with van der Waals surface area (Å²) in [4.78, 5) is 19.5. The van der Waals surface area contributed by atoms with Gasteiger partial charge in [0, 0.05) is 5.39 Å². The monoisotopic (exact) mass is 366 g/mol. The van der Waals surface area contributed by atoms with Crippen molar-refractivity contribution in [2.75, 3.05) is 6.61 Å². The van der Waals surface area contributed by atoms with E-state index in [0.717, 1.165) is 22.2 Å². The van der Waals surface area contributed by atoms with E-state index in [1.807, 2.05) is 17.6 Å². The molecule has 5 rings (SSSR count). The van der Waals surface area contributed by atoms with Gasteiger partial charge in [0.2, 0.25) is 0 Å². The van der Waals surface area contributed by atoms with Crippen LogP contribution < -0.4 is 5.69 Å². The van der Waals surface area contributed by atoms with Crippen LogP contribution in [0.5, 0.6) is 0 Å². The van der Waals surface area contributed by atoms with Crippen LogP contribution in [0.1, 0.15) is 5.69 Å². The third kappa shape index (κ3) is 2.15. The molecule has 8 nitrogen and oxygen atoms in total. The van der Waals surface area contributed by atoms with Crippen molar-refractivity contribution in [1.29, 1.82) is 0 Å². The van der Waals surface area contributed by atoms with Crippen molar-refractivity contribution < 1.29 is 9.50 Å². The Morgan fingerprint density at radius 1 is 1.26 bits per heavy atom. The van der Waals surface area contributed by atoms with Gasteiger partial charge < -0.3 is 14.7 Å². The van der Waals surface area contributed by atoms with E-state index in [1.54, 1.807) is 12.3 Å². The van der Waals surface area contributed by atoms with Crippen LogP contribution in [-0.4, -0.2) is 41.0 Å². The van der Waals surface area contributed by atoms with Gasteiger partial charge in [-0.2, -0.15) is 5.10 Å². The Kier molecular flexibility index (Phi) is 3.22. The highest BCUT2D eigenvalue weighted by atomic mass is 19.1. The molecule has 0 fully saturated rings. The molecular weight excluding hydrogens is 351 g/mol. The fourth-order valence-electron chi connectivity index (χ4n) is 3.63. The first-order chi connectivity index (χ1) is 13.1. The molecule has 5 aromatic rings. The lowest BCUT2D eigenvalue weighted by Gasteiger charge is -2.10. The molecule has 0 bridgehead atoms.